The highest BCUT2D eigenvalue weighted by atomic mass is 79.9. The highest BCUT2D eigenvalue weighted by Crippen LogP contribution is 2.27. The second-order valence-corrected chi connectivity index (χ2v) is 5.95. The first-order chi connectivity index (χ1) is 10.1. The van der Waals surface area contributed by atoms with Gasteiger partial charge in [-0.25, -0.2) is 14.6 Å². The number of nitrogens with zero attached hydrogens (tertiary/aromatic N) is 4. The Labute approximate surface area is 131 Å². The topological polar surface area (TPSA) is 74.1 Å². The summed E-state index contributed by atoms with van der Waals surface area (Å²) in [6.45, 7) is 4.16. The quantitative estimate of drug-likeness (QED) is 0.880. The predicted octanol–water partition coefficient (Wildman–Crippen LogP) is 1.73. The summed E-state index contributed by atoms with van der Waals surface area (Å²) in [6, 6.07) is 0.135. The molecule has 7 nitrogen and oxygen atoms in total. The second kappa shape index (κ2) is 6.25. The standard InChI is InChI=1S/C13H18BrN5O2/c1-8(5-21-9-3-4-20-6-9)17-12-10-11(14)18-19(2)13(10)16-7-15-12/h7-9H,3-6H2,1-2H3,(H,15,16,17). The molecule has 114 valence electrons. The van der Waals surface area contributed by atoms with Gasteiger partial charge in [0.2, 0.25) is 0 Å². The van der Waals surface area contributed by atoms with E-state index in [1.54, 1.807) is 4.68 Å². The number of halogens is 1. The van der Waals surface area contributed by atoms with E-state index in [0.717, 1.165) is 34.5 Å². The molecule has 0 saturated carbocycles. The molecule has 3 heterocycles. The van der Waals surface area contributed by atoms with Gasteiger partial charge in [-0.15, -0.1) is 0 Å². The van der Waals surface area contributed by atoms with E-state index in [4.69, 9.17) is 9.47 Å². The molecule has 0 spiro atoms. The summed E-state index contributed by atoms with van der Waals surface area (Å²) < 4.78 is 13.6. The van der Waals surface area contributed by atoms with Crippen LogP contribution in [-0.2, 0) is 16.5 Å². The van der Waals surface area contributed by atoms with Crippen molar-refractivity contribution < 1.29 is 9.47 Å². The van der Waals surface area contributed by atoms with Crippen LogP contribution in [0.1, 0.15) is 13.3 Å². The molecule has 2 atom stereocenters. The van der Waals surface area contributed by atoms with Gasteiger partial charge in [-0.3, -0.25) is 0 Å². The van der Waals surface area contributed by atoms with Gasteiger partial charge in [-0.1, -0.05) is 0 Å². The molecule has 1 N–H and O–H groups in total. The maximum Gasteiger partial charge on any atom is 0.164 e. The van der Waals surface area contributed by atoms with Crippen LogP contribution in [-0.4, -0.2) is 51.7 Å². The molecule has 0 aromatic carbocycles. The summed E-state index contributed by atoms with van der Waals surface area (Å²) in [6.07, 6.45) is 2.72. The van der Waals surface area contributed by atoms with Crippen LogP contribution in [0.2, 0.25) is 0 Å². The molecule has 1 aliphatic rings. The molecule has 0 amide bonds. The Morgan fingerprint density at radius 2 is 2.43 bits per heavy atom. The molecular weight excluding hydrogens is 338 g/mol. The fourth-order valence-electron chi connectivity index (χ4n) is 2.35. The normalized spacial score (nSPS) is 20.0. The number of hydrogen-bond acceptors (Lipinski definition) is 6. The highest BCUT2D eigenvalue weighted by Gasteiger charge is 2.18. The molecule has 2 aromatic heterocycles. The van der Waals surface area contributed by atoms with Crippen molar-refractivity contribution in [2.45, 2.75) is 25.5 Å². The minimum absolute atomic E-state index is 0.135. The summed E-state index contributed by atoms with van der Waals surface area (Å²) >= 11 is 3.45. The Balaban J connectivity index is 1.69. The van der Waals surface area contributed by atoms with Crippen molar-refractivity contribution >= 4 is 32.8 Å². The van der Waals surface area contributed by atoms with Crippen LogP contribution in [0.3, 0.4) is 0 Å². The van der Waals surface area contributed by atoms with E-state index in [2.05, 4.69) is 43.2 Å². The Morgan fingerprint density at radius 1 is 1.57 bits per heavy atom. The average Bonchev–Trinajstić information content (AvgIpc) is 3.06. The van der Waals surface area contributed by atoms with Gasteiger partial charge in [-0.2, -0.15) is 5.10 Å². The lowest BCUT2D eigenvalue weighted by atomic mass is 10.3. The number of nitrogens with one attached hydrogen (secondary N) is 1. The van der Waals surface area contributed by atoms with E-state index in [-0.39, 0.29) is 12.1 Å². The summed E-state index contributed by atoms with van der Waals surface area (Å²) in [7, 11) is 1.86. The van der Waals surface area contributed by atoms with Crippen molar-refractivity contribution in [3.8, 4) is 0 Å². The van der Waals surface area contributed by atoms with E-state index in [1.807, 2.05) is 7.05 Å². The molecule has 8 heteroatoms. The minimum Gasteiger partial charge on any atom is -0.379 e. The summed E-state index contributed by atoms with van der Waals surface area (Å²) in [5.41, 5.74) is 0.789. The third-order valence-corrected chi connectivity index (χ3v) is 3.99. The van der Waals surface area contributed by atoms with Crippen molar-refractivity contribution in [2.75, 3.05) is 25.1 Å². The van der Waals surface area contributed by atoms with Gasteiger partial charge < -0.3 is 14.8 Å². The number of ether oxygens (including phenoxy) is 2. The predicted molar refractivity (Wildman–Crippen MR) is 82.3 cm³/mol. The van der Waals surface area contributed by atoms with Gasteiger partial charge in [0.05, 0.1) is 24.7 Å². The van der Waals surface area contributed by atoms with Crippen LogP contribution < -0.4 is 5.32 Å². The Hall–Kier alpha value is -1.25. The molecule has 0 aliphatic carbocycles. The van der Waals surface area contributed by atoms with Crippen LogP contribution in [0.25, 0.3) is 11.0 Å². The first kappa shape index (κ1) is 14.7. The first-order valence-electron chi connectivity index (χ1n) is 6.94. The van der Waals surface area contributed by atoms with E-state index in [9.17, 15) is 0 Å². The van der Waals surface area contributed by atoms with Crippen molar-refractivity contribution in [3.05, 3.63) is 10.9 Å². The minimum atomic E-state index is 0.135. The fraction of sp³-hybridized carbons (Fsp3) is 0.615. The van der Waals surface area contributed by atoms with E-state index >= 15 is 0 Å². The van der Waals surface area contributed by atoms with Crippen LogP contribution in [0.15, 0.2) is 10.9 Å². The SMILES string of the molecule is CC(COC1CCOC1)Nc1ncnc2c1c(Br)nn2C. The van der Waals surface area contributed by atoms with Crippen LogP contribution in [0, 0.1) is 0 Å². The Kier molecular flexibility index (Phi) is 4.37. The molecule has 1 fully saturated rings. The first-order valence-corrected chi connectivity index (χ1v) is 7.73. The third-order valence-electron chi connectivity index (χ3n) is 3.43. The second-order valence-electron chi connectivity index (χ2n) is 5.20. The molecule has 2 aromatic rings. The zero-order valence-electron chi connectivity index (χ0n) is 12.0. The maximum atomic E-state index is 5.82. The van der Waals surface area contributed by atoms with Crippen molar-refractivity contribution in [3.63, 3.8) is 0 Å². The Morgan fingerprint density at radius 3 is 3.19 bits per heavy atom. The summed E-state index contributed by atoms with van der Waals surface area (Å²) in [4.78, 5) is 8.57. The number of rotatable bonds is 5. The lowest BCUT2D eigenvalue weighted by Crippen LogP contribution is -2.26. The van der Waals surface area contributed by atoms with Gasteiger partial charge in [0, 0.05) is 19.7 Å². The van der Waals surface area contributed by atoms with Gasteiger partial charge in [0.1, 0.15) is 16.7 Å². The van der Waals surface area contributed by atoms with Crippen LogP contribution >= 0.6 is 15.9 Å². The molecule has 0 bridgehead atoms. The maximum absolute atomic E-state index is 5.82. The van der Waals surface area contributed by atoms with Crippen LogP contribution in [0.5, 0.6) is 0 Å². The zero-order chi connectivity index (χ0) is 14.8. The molecule has 3 rings (SSSR count). The smallest absolute Gasteiger partial charge is 0.164 e. The molecule has 1 aliphatic heterocycles. The molecular formula is C13H18BrN5O2. The number of hydrogen-bond donors (Lipinski definition) is 1. The summed E-state index contributed by atoms with van der Waals surface area (Å²) in [5.74, 6) is 0.763. The van der Waals surface area contributed by atoms with Gasteiger partial charge in [-0.05, 0) is 29.3 Å². The Bertz CT molecular complexity index is 626. The van der Waals surface area contributed by atoms with Crippen molar-refractivity contribution in [1.29, 1.82) is 0 Å². The molecule has 0 radical (unpaired) electrons. The zero-order valence-corrected chi connectivity index (χ0v) is 13.6. The largest absolute Gasteiger partial charge is 0.379 e. The number of aromatic nitrogens is 4. The van der Waals surface area contributed by atoms with E-state index in [1.165, 1.54) is 6.33 Å². The third kappa shape index (κ3) is 3.17. The van der Waals surface area contributed by atoms with Crippen LogP contribution in [0.4, 0.5) is 5.82 Å². The van der Waals surface area contributed by atoms with Gasteiger partial charge in [0.25, 0.3) is 0 Å². The van der Waals surface area contributed by atoms with E-state index in [0.29, 0.717) is 13.2 Å². The number of fused-ring (bicyclic) bond motifs is 1. The summed E-state index contributed by atoms with van der Waals surface area (Å²) in [5, 5.41) is 8.56. The van der Waals surface area contributed by atoms with E-state index < -0.39 is 0 Å². The lowest BCUT2D eigenvalue weighted by Gasteiger charge is -2.17. The van der Waals surface area contributed by atoms with Crippen molar-refractivity contribution in [2.24, 2.45) is 7.05 Å². The lowest BCUT2D eigenvalue weighted by molar-refractivity contribution is 0.0395. The van der Waals surface area contributed by atoms with Gasteiger partial charge in [0.15, 0.2) is 5.65 Å². The molecule has 2 unspecified atom stereocenters. The monoisotopic (exact) mass is 355 g/mol. The number of aryl methyl sites for hydroxylation is 1. The molecule has 21 heavy (non-hydrogen) atoms. The average molecular weight is 356 g/mol. The molecule has 1 saturated heterocycles. The highest BCUT2D eigenvalue weighted by molar-refractivity contribution is 9.10. The van der Waals surface area contributed by atoms with Crippen molar-refractivity contribution in [1.82, 2.24) is 19.7 Å². The fourth-order valence-corrected chi connectivity index (χ4v) is 2.95. The van der Waals surface area contributed by atoms with Gasteiger partial charge >= 0.3 is 0 Å². The number of anilines is 1.